The van der Waals surface area contributed by atoms with Crippen molar-refractivity contribution in [2.75, 3.05) is 5.73 Å². The SMILES string of the molecule is Nc1cc(Cl)cc(C(=O)c2cccc(C(F)(F)F)c2)c1. The number of hydrogen-bond acceptors (Lipinski definition) is 2. The number of rotatable bonds is 2. The Kier molecular flexibility index (Phi) is 3.72. The van der Waals surface area contributed by atoms with Crippen molar-refractivity contribution in [1.29, 1.82) is 0 Å². The summed E-state index contributed by atoms with van der Waals surface area (Å²) in [5, 5.41) is 0.250. The molecule has 6 heteroatoms. The molecule has 2 aromatic rings. The van der Waals surface area contributed by atoms with Gasteiger partial charge >= 0.3 is 6.18 Å². The van der Waals surface area contributed by atoms with Crippen molar-refractivity contribution in [2.45, 2.75) is 6.18 Å². The summed E-state index contributed by atoms with van der Waals surface area (Å²) in [4.78, 5) is 12.1. The molecule has 20 heavy (non-hydrogen) atoms. The minimum Gasteiger partial charge on any atom is -0.399 e. The maximum absolute atomic E-state index is 12.6. The summed E-state index contributed by atoms with van der Waals surface area (Å²) < 4.78 is 37.8. The van der Waals surface area contributed by atoms with Gasteiger partial charge in [0.15, 0.2) is 5.78 Å². The second-order valence-electron chi connectivity index (χ2n) is 4.18. The minimum atomic E-state index is -4.50. The first-order chi connectivity index (χ1) is 9.27. The van der Waals surface area contributed by atoms with Gasteiger partial charge in [0.1, 0.15) is 0 Å². The van der Waals surface area contributed by atoms with Gasteiger partial charge in [-0.25, -0.2) is 0 Å². The van der Waals surface area contributed by atoms with Crippen LogP contribution in [0.15, 0.2) is 42.5 Å². The van der Waals surface area contributed by atoms with E-state index in [1.165, 1.54) is 30.3 Å². The van der Waals surface area contributed by atoms with E-state index in [9.17, 15) is 18.0 Å². The molecule has 2 N–H and O–H groups in total. The van der Waals surface area contributed by atoms with Crippen LogP contribution in [0.25, 0.3) is 0 Å². The number of alkyl halides is 3. The number of benzene rings is 2. The Hall–Kier alpha value is -2.01. The highest BCUT2D eigenvalue weighted by Gasteiger charge is 2.31. The van der Waals surface area contributed by atoms with E-state index in [1.54, 1.807) is 0 Å². The van der Waals surface area contributed by atoms with Gasteiger partial charge in [0.05, 0.1) is 5.56 Å². The quantitative estimate of drug-likeness (QED) is 0.668. The first-order valence-electron chi connectivity index (χ1n) is 5.55. The summed E-state index contributed by atoms with van der Waals surface area (Å²) in [6.45, 7) is 0. The molecule has 0 bridgehead atoms. The Morgan fingerprint density at radius 3 is 2.35 bits per heavy atom. The second-order valence-corrected chi connectivity index (χ2v) is 4.62. The first kappa shape index (κ1) is 14.4. The molecule has 0 aliphatic carbocycles. The van der Waals surface area contributed by atoms with Crippen LogP contribution in [0.1, 0.15) is 21.5 Å². The molecule has 0 spiro atoms. The summed E-state index contributed by atoms with van der Waals surface area (Å²) in [6.07, 6.45) is -4.50. The summed E-state index contributed by atoms with van der Waals surface area (Å²) in [5.41, 5.74) is 5.03. The third-order valence-electron chi connectivity index (χ3n) is 2.63. The number of nitrogen functional groups attached to an aromatic ring is 1. The minimum absolute atomic E-state index is 0.0681. The number of carbonyl (C=O) groups is 1. The zero-order valence-electron chi connectivity index (χ0n) is 10.0. The van der Waals surface area contributed by atoms with Crippen LogP contribution in [0.3, 0.4) is 0 Å². The van der Waals surface area contributed by atoms with Gasteiger partial charge in [-0.15, -0.1) is 0 Å². The molecule has 0 fully saturated rings. The molecule has 0 saturated heterocycles. The van der Waals surface area contributed by atoms with E-state index in [0.717, 1.165) is 12.1 Å². The highest BCUT2D eigenvalue weighted by atomic mass is 35.5. The number of hydrogen-bond donors (Lipinski definition) is 1. The molecule has 0 radical (unpaired) electrons. The molecule has 104 valence electrons. The van der Waals surface area contributed by atoms with Crippen molar-refractivity contribution < 1.29 is 18.0 Å². The lowest BCUT2D eigenvalue weighted by atomic mass is 10.0. The average Bonchev–Trinajstić information content (AvgIpc) is 2.36. The van der Waals surface area contributed by atoms with Crippen molar-refractivity contribution in [2.24, 2.45) is 0 Å². The monoisotopic (exact) mass is 299 g/mol. The van der Waals surface area contributed by atoms with E-state index >= 15 is 0 Å². The third kappa shape index (κ3) is 3.11. The molecule has 2 rings (SSSR count). The Balaban J connectivity index is 2.43. The van der Waals surface area contributed by atoms with Crippen molar-refractivity contribution in [1.82, 2.24) is 0 Å². The van der Waals surface area contributed by atoms with Crippen molar-refractivity contribution in [3.05, 3.63) is 64.2 Å². The molecule has 0 unspecified atom stereocenters. The van der Waals surface area contributed by atoms with Crippen LogP contribution in [-0.4, -0.2) is 5.78 Å². The van der Waals surface area contributed by atoms with Crippen molar-refractivity contribution in [3.8, 4) is 0 Å². The second kappa shape index (κ2) is 5.17. The Bertz CT molecular complexity index is 647. The topological polar surface area (TPSA) is 43.1 Å². The van der Waals surface area contributed by atoms with Gasteiger partial charge < -0.3 is 5.73 Å². The predicted molar refractivity (Wildman–Crippen MR) is 70.7 cm³/mol. The van der Waals surface area contributed by atoms with E-state index in [2.05, 4.69) is 0 Å². The van der Waals surface area contributed by atoms with Gasteiger partial charge in [-0.2, -0.15) is 13.2 Å². The largest absolute Gasteiger partial charge is 0.416 e. The number of carbonyl (C=O) groups excluding carboxylic acids is 1. The standard InChI is InChI=1S/C14H9ClF3NO/c15-11-5-9(6-12(19)7-11)13(20)8-2-1-3-10(4-8)14(16,17)18/h1-7H,19H2. The normalized spacial score (nSPS) is 11.4. The van der Waals surface area contributed by atoms with E-state index in [-0.39, 0.29) is 21.8 Å². The van der Waals surface area contributed by atoms with Crippen LogP contribution in [0.2, 0.25) is 5.02 Å². The van der Waals surface area contributed by atoms with Gasteiger partial charge in [0, 0.05) is 21.8 Å². The van der Waals surface area contributed by atoms with Crippen LogP contribution < -0.4 is 5.73 Å². The number of halogens is 4. The fourth-order valence-electron chi connectivity index (χ4n) is 1.75. The van der Waals surface area contributed by atoms with E-state index in [1.807, 2.05) is 0 Å². The van der Waals surface area contributed by atoms with Crippen LogP contribution in [0.5, 0.6) is 0 Å². The summed E-state index contributed by atoms with van der Waals surface area (Å²) in [5.74, 6) is -0.565. The zero-order valence-corrected chi connectivity index (χ0v) is 10.8. The van der Waals surface area contributed by atoms with E-state index in [4.69, 9.17) is 17.3 Å². The van der Waals surface area contributed by atoms with E-state index < -0.39 is 17.5 Å². The average molecular weight is 300 g/mol. The van der Waals surface area contributed by atoms with Crippen LogP contribution in [0.4, 0.5) is 18.9 Å². The molecule has 0 heterocycles. The molecule has 0 atom stereocenters. The molecule has 0 amide bonds. The van der Waals surface area contributed by atoms with Gasteiger partial charge in [-0.1, -0.05) is 23.7 Å². The van der Waals surface area contributed by atoms with Gasteiger partial charge in [-0.3, -0.25) is 4.79 Å². The highest BCUT2D eigenvalue weighted by molar-refractivity contribution is 6.31. The first-order valence-corrected chi connectivity index (χ1v) is 5.93. The van der Waals surface area contributed by atoms with Crippen LogP contribution in [0, 0.1) is 0 Å². The van der Waals surface area contributed by atoms with Crippen LogP contribution >= 0.6 is 11.6 Å². The number of nitrogens with two attached hydrogens (primary N) is 1. The third-order valence-corrected chi connectivity index (χ3v) is 2.85. The molecule has 0 aliphatic rings. The zero-order chi connectivity index (χ0) is 14.9. The lowest BCUT2D eigenvalue weighted by Crippen LogP contribution is -2.08. The smallest absolute Gasteiger partial charge is 0.399 e. The van der Waals surface area contributed by atoms with Crippen molar-refractivity contribution >= 4 is 23.1 Å². The Labute approximate surface area is 118 Å². The molecular formula is C14H9ClF3NO. The molecule has 0 aromatic heterocycles. The van der Waals surface area contributed by atoms with Crippen LogP contribution in [-0.2, 0) is 6.18 Å². The molecule has 0 saturated carbocycles. The van der Waals surface area contributed by atoms with Gasteiger partial charge in [-0.05, 0) is 30.3 Å². The van der Waals surface area contributed by atoms with Gasteiger partial charge in [0.2, 0.25) is 0 Å². The molecular weight excluding hydrogens is 291 g/mol. The molecule has 2 aromatic carbocycles. The Morgan fingerprint density at radius 2 is 1.75 bits per heavy atom. The van der Waals surface area contributed by atoms with Gasteiger partial charge in [0.25, 0.3) is 0 Å². The number of ketones is 1. The fraction of sp³-hybridized carbons (Fsp3) is 0.0714. The molecule has 0 aliphatic heterocycles. The maximum Gasteiger partial charge on any atom is 0.416 e. The maximum atomic E-state index is 12.6. The molecule has 2 nitrogen and oxygen atoms in total. The lowest BCUT2D eigenvalue weighted by molar-refractivity contribution is -0.137. The summed E-state index contributed by atoms with van der Waals surface area (Å²) >= 11 is 5.77. The summed E-state index contributed by atoms with van der Waals surface area (Å²) in [7, 11) is 0. The predicted octanol–water partition coefficient (Wildman–Crippen LogP) is 4.17. The lowest BCUT2D eigenvalue weighted by Gasteiger charge is -2.08. The number of anilines is 1. The van der Waals surface area contributed by atoms with E-state index in [0.29, 0.717) is 0 Å². The highest BCUT2D eigenvalue weighted by Crippen LogP contribution is 2.30. The fourth-order valence-corrected chi connectivity index (χ4v) is 1.99. The summed E-state index contributed by atoms with van der Waals surface area (Å²) in [6, 6.07) is 8.39. The Morgan fingerprint density at radius 1 is 1.05 bits per heavy atom. The van der Waals surface area contributed by atoms with Crippen molar-refractivity contribution in [3.63, 3.8) is 0 Å².